The number of hydrogen-bond donors (Lipinski definition) is 0. The molecule has 0 N–H and O–H groups in total. The molecule has 1 aliphatic heterocycles. The van der Waals surface area contributed by atoms with Crippen molar-refractivity contribution in [3.8, 4) is 5.75 Å². The first-order valence-electron chi connectivity index (χ1n) is 7.98. The van der Waals surface area contributed by atoms with Crippen molar-refractivity contribution in [2.24, 2.45) is 0 Å². The Bertz CT molecular complexity index is 615. The van der Waals surface area contributed by atoms with E-state index in [9.17, 15) is 4.79 Å². The van der Waals surface area contributed by atoms with Crippen molar-refractivity contribution in [3.63, 3.8) is 0 Å². The fraction of sp³-hybridized carbons (Fsp3) is 0.316. The number of ether oxygens (including phenoxy) is 2. The molecule has 1 unspecified atom stereocenters. The van der Waals surface area contributed by atoms with E-state index in [0.29, 0.717) is 13.2 Å². The zero-order chi connectivity index (χ0) is 15.9. The molecule has 0 bridgehead atoms. The van der Waals surface area contributed by atoms with E-state index in [4.69, 9.17) is 9.47 Å². The third-order valence-corrected chi connectivity index (χ3v) is 3.89. The van der Waals surface area contributed by atoms with Crippen LogP contribution in [0.4, 0.5) is 4.79 Å². The first kappa shape index (κ1) is 15.4. The average molecular weight is 311 g/mol. The van der Waals surface area contributed by atoms with Crippen LogP contribution in [-0.2, 0) is 11.3 Å². The monoisotopic (exact) mass is 311 g/mol. The van der Waals surface area contributed by atoms with Crippen molar-refractivity contribution in [2.75, 3.05) is 13.1 Å². The van der Waals surface area contributed by atoms with Crippen molar-refractivity contribution >= 4 is 6.09 Å². The smallest absolute Gasteiger partial charge is 0.410 e. The molecule has 3 rings (SSSR count). The second-order valence-electron chi connectivity index (χ2n) is 5.68. The minimum absolute atomic E-state index is 0.0235. The summed E-state index contributed by atoms with van der Waals surface area (Å²) >= 11 is 0. The molecule has 1 amide bonds. The van der Waals surface area contributed by atoms with Crippen molar-refractivity contribution in [1.82, 2.24) is 4.90 Å². The van der Waals surface area contributed by atoms with E-state index in [-0.39, 0.29) is 12.2 Å². The Hall–Kier alpha value is -2.49. The van der Waals surface area contributed by atoms with Crippen molar-refractivity contribution in [1.29, 1.82) is 0 Å². The number of para-hydroxylation sites is 1. The van der Waals surface area contributed by atoms with Gasteiger partial charge < -0.3 is 14.4 Å². The molecule has 2 aromatic carbocycles. The van der Waals surface area contributed by atoms with Gasteiger partial charge in [0.15, 0.2) is 0 Å². The molecule has 1 saturated heterocycles. The maximum Gasteiger partial charge on any atom is 0.410 e. The lowest BCUT2D eigenvalue weighted by atomic mass is 10.1. The van der Waals surface area contributed by atoms with Crippen LogP contribution in [0.5, 0.6) is 5.75 Å². The van der Waals surface area contributed by atoms with Crippen LogP contribution in [0, 0.1) is 0 Å². The second kappa shape index (κ2) is 7.68. The third-order valence-electron chi connectivity index (χ3n) is 3.89. The van der Waals surface area contributed by atoms with E-state index >= 15 is 0 Å². The Morgan fingerprint density at radius 1 is 1.04 bits per heavy atom. The van der Waals surface area contributed by atoms with E-state index < -0.39 is 0 Å². The van der Waals surface area contributed by atoms with Gasteiger partial charge in [-0.05, 0) is 30.5 Å². The molecule has 0 aromatic heterocycles. The highest BCUT2D eigenvalue weighted by molar-refractivity contribution is 5.67. The number of piperidine rings is 1. The first-order valence-corrected chi connectivity index (χ1v) is 7.98. The Morgan fingerprint density at radius 3 is 2.48 bits per heavy atom. The van der Waals surface area contributed by atoms with Gasteiger partial charge in [-0.25, -0.2) is 4.79 Å². The van der Waals surface area contributed by atoms with Gasteiger partial charge in [0.05, 0.1) is 6.54 Å². The summed E-state index contributed by atoms with van der Waals surface area (Å²) in [5, 5.41) is 0. The molecule has 1 heterocycles. The third kappa shape index (κ3) is 4.49. The number of carbonyl (C=O) groups is 1. The zero-order valence-electron chi connectivity index (χ0n) is 13.1. The normalized spacial score (nSPS) is 17.6. The van der Waals surface area contributed by atoms with Crippen LogP contribution in [0.25, 0.3) is 0 Å². The zero-order valence-corrected chi connectivity index (χ0v) is 13.1. The SMILES string of the molecule is O=C(OCc1ccccc1)N1CCCC(Oc2ccccc2)C1. The van der Waals surface area contributed by atoms with E-state index in [1.807, 2.05) is 60.7 Å². The molecule has 23 heavy (non-hydrogen) atoms. The molecule has 0 aliphatic carbocycles. The molecular weight excluding hydrogens is 290 g/mol. The predicted octanol–water partition coefficient (Wildman–Crippen LogP) is 3.87. The molecule has 0 saturated carbocycles. The van der Waals surface area contributed by atoms with Crippen LogP contribution >= 0.6 is 0 Å². The number of likely N-dealkylation sites (tertiary alicyclic amines) is 1. The molecule has 1 atom stereocenters. The summed E-state index contributed by atoms with van der Waals surface area (Å²) in [7, 11) is 0. The van der Waals surface area contributed by atoms with Crippen molar-refractivity contribution < 1.29 is 14.3 Å². The largest absolute Gasteiger partial charge is 0.489 e. The number of amides is 1. The Morgan fingerprint density at radius 2 is 1.74 bits per heavy atom. The lowest BCUT2D eigenvalue weighted by Crippen LogP contribution is -2.44. The molecule has 4 nitrogen and oxygen atoms in total. The summed E-state index contributed by atoms with van der Waals surface area (Å²) in [6.45, 7) is 1.60. The minimum Gasteiger partial charge on any atom is -0.489 e. The molecular formula is C19H21NO3. The van der Waals surface area contributed by atoms with E-state index in [2.05, 4.69) is 0 Å². The lowest BCUT2D eigenvalue weighted by Gasteiger charge is -2.32. The molecule has 2 aromatic rings. The molecule has 4 heteroatoms. The summed E-state index contributed by atoms with van der Waals surface area (Å²) in [4.78, 5) is 14.0. The van der Waals surface area contributed by atoms with Crippen molar-refractivity contribution in [3.05, 3.63) is 66.2 Å². The van der Waals surface area contributed by atoms with Crippen LogP contribution in [0.1, 0.15) is 18.4 Å². The van der Waals surface area contributed by atoms with Gasteiger partial charge in [-0.3, -0.25) is 0 Å². The molecule has 0 spiro atoms. The molecule has 0 radical (unpaired) electrons. The predicted molar refractivity (Wildman–Crippen MR) is 88.3 cm³/mol. The highest BCUT2D eigenvalue weighted by Crippen LogP contribution is 2.18. The van der Waals surface area contributed by atoms with Gasteiger partial charge in [0.2, 0.25) is 0 Å². The minimum atomic E-state index is -0.268. The Balaban J connectivity index is 1.50. The van der Waals surface area contributed by atoms with Gasteiger partial charge in [0.25, 0.3) is 0 Å². The van der Waals surface area contributed by atoms with Crippen LogP contribution in [0.2, 0.25) is 0 Å². The maximum absolute atomic E-state index is 12.2. The van der Waals surface area contributed by atoms with Crippen LogP contribution < -0.4 is 4.74 Å². The van der Waals surface area contributed by atoms with Gasteiger partial charge in [-0.1, -0.05) is 48.5 Å². The highest BCUT2D eigenvalue weighted by atomic mass is 16.6. The van der Waals surface area contributed by atoms with Crippen LogP contribution in [0.15, 0.2) is 60.7 Å². The average Bonchev–Trinajstić information content (AvgIpc) is 2.62. The quantitative estimate of drug-likeness (QED) is 0.860. The number of hydrogen-bond acceptors (Lipinski definition) is 3. The molecule has 1 fully saturated rings. The molecule has 120 valence electrons. The number of rotatable bonds is 4. The van der Waals surface area contributed by atoms with E-state index in [1.54, 1.807) is 4.90 Å². The number of nitrogens with zero attached hydrogens (tertiary/aromatic N) is 1. The summed E-state index contributed by atoms with van der Waals surface area (Å²) in [5.41, 5.74) is 0.995. The van der Waals surface area contributed by atoms with E-state index in [0.717, 1.165) is 30.7 Å². The first-order chi connectivity index (χ1) is 11.3. The van der Waals surface area contributed by atoms with Crippen molar-refractivity contribution in [2.45, 2.75) is 25.6 Å². The van der Waals surface area contributed by atoms with Gasteiger partial charge >= 0.3 is 6.09 Å². The lowest BCUT2D eigenvalue weighted by molar-refractivity contribution is 0.0552. The van der Waals surface area contributed by atoms with Gasteiger partial charge in [0, 0.05) is 6.54 Å². The highest BCUT2D eigenvalue weighted by Gasteiger charge is 2.25. The van der Waals surface area contributed by atoms with Crippen LogP contribution in [-0.4, -0.2) is 30.2 Å². The second-order valence-corrected chi connectivity index (χ2v) is 5.68. The summed E-state index contributed by atoms with van der Waals surface area (Å²) in [6, 6.07) is 19.5. The topological polar surface area (TPSA) is 38.8 Å². The van der Waals surface area contributed by atoms with Gasteiger partial charge in [-0.2, -0.15) is 0 Å². The Labute approximate surface area is 136 Å². The fourth-order valence-corrected chi connectivity index (χ4v) is 2.70. The maximum atomic E-state index is 12.2. The molecule has 1 aliphatic rings. The van der Waals surface area contributed by atoms with E-state index in [1.165, 1.54) is 0 Å². The summed E-state index contributed by atoms with van der Waals surface area (Å²) in [5.74, 6) is 0.844. The standard InChI is InChI=1S/C19H21NO3/c21-19(22-15-16-8-3-1-4-9-16)20-13-7-12-18(14-20)23-17-10-5-2-6-11-17/h1-6,8-11,18H,7,12-15H2. The number of benzene rings is 2. The van der Waals surface area contributed by atoms with Crippen LogP contribution in [0.3, 0.4) is 0 Å². The summed E-state index contributed by atoms with van der Waals surface area (Å²) < 4.78 is 11.3. The van der Waals surface area contributed by atoms with Gasteiger partial charge in [-0.15, -0.1) is 0 Å². The Kier molecular flexibility index (Phi) is 5.14. The number of carbonyl (C=O) groups excluding carboxylic acids is 1. The summed E-state index contributed by atoms with van der Waals surface area (Å²) in [6.07, 6.45) is 1.64. The van der Waals surface area contributed by atoms with Gasteiger partial charge in [0.1, 0.15) is 18.5 Å². The fourth-order valence-electron chi connectivity index (χ4n) is 2.70.